The summed E-state index contributed by atoms with van der Waals surface area (Å²) in [6.45, 7) is 1.81. The van der Waals surface area contributed by atoms with Crippen LogP contribution in [-0.4, -0.2) is 11.1 Å². The second kappa shape index (κ2) is 6.96. The summed E-state index contributed by atoms with van der Waals surface area (Å²) < 4.78 is 0. The Morgan fingerprint density at radius 2 is 2.00 bits per heavy atom. The van der Waals surface area contributed by atoms with Gasteiger partial charge in [0.2, 0.25) is 0 Å². The molecule has 3 nitrogen and oxygen atoms in total. The van der Waals surface area contributed by atoms with E-state index in [0.29, 0.717) is 0 Å². The third-order valence-electron chi connectivity index (χ3n) is 3.09. The zero-order chi connectivity index (χ0) is 15.2. The number of rotatable bonds is 5. The molecule has 106 valence electrons. The van der Waals surface area contributed by atoms with Crippen LogP contribution in [0.2, 0.25) is 0 Å². The van der Waals surface area contributed by atoms with Gasteiger partial charge in [-0.25, -0.2) is 0 Å². The van der Waals surface area contributed by atoms with Crippen molar-refractivity contribution in [2.24, 2.45) is 0 Å². The van der Waals surface area contributed by atoms with Crippen molar-refractivity contribution >= 4 is 17.7 Å². The van der Waals surface area contributed by atoms with Gasteiger partial charge in [0, 0.05) is 9.79 Å². The molecule has 0 aliphatic carbocycles. The van der Waals surface area contributed by atoms with E-state index < -0.39 is 5.97 Å². The van der Waals surface area contributed by atoms with Crippen LogP contribution in [0.5, 0.6) is 0 Å². The second-order valence-corrected chi connectivity index (χ2v) is 5.82. The minimum absolute atomic E-state index is 0.0405. The lowest BCUT2D eigenvalue weighted by molar-refractivity contribution is -0.136. The van der Waals surface area contributed by atoms with Crippen LogP contribution >= 0.6 is 11.8 Å². The van der Waals surface area contributed by atoms with E-state index in [-0.39, 0.29) is 12.3 Å². The third-order valence-corrected chi connectivity index (χ3v) is 4.22. The first-order chi connectivity index (χ1) is 10.1. The van der Waals surface area contributed by atoms with E-state index in [1.165, 1.54) is 11.8 Å². The number of carboxylic acid groups (broad SMARTS) is 1. The molecule has 0 spiro atoms. The Hall–Kier alpha value is -2.25. The zero-order valence-electron chi connectivity index (χ0n) is 11.6. The smallest absolute Gasteiger partial charge is 0.307 e. The average molecular weight is 297 g/mol. The first-order valence-corrected chi connectivity index (χ1v) is 7.39. The Labute approximate surface area is 128 Å². The summed E-state index contributed by atoms with van der Waals surface area (Å²) in [5.74, 6) is -1.11. The summed E-state index contributed by atoms with van der Waals surface area (Å²) in [6.07, 6.45) is -0.0405. The maximum absolute atomic E-state index is 11.0. The van der Waals surface area contributed by atoms with Gasteiger partial charge in [0.05, 0.1) is 18.4 Å². The number of carbonyl (C=O) groups is 1. The maximum atomic E-state index is 11.0. The quantitative estimate of drug-likeness (QED) is 0.903. The highest BCUT2D eigenvalue weighted by molar-refractivity contribution is 7.99. The normalized spacial score (nSPS) is 11.6. The number of hydrogen-bond donors (Lipinski definition) is 1. The predicted molar refractivity (Wildman–Crippen MR) is 82.4 cm³/mol. The van der Waals surface area contributed by atoms with Gasteiger partial charge in [-0.05, 0) is 36.2 Å². The summed E-state index contributed by atoms with van der Waals surface area (Å²) in [5, 5.41) is 18.1. The van der Waals surface area contributed by atoms with Crippen LogP contribution in [0.25, 0.3) is 0 Å². The Kier molecular flexibility index (Phi) is 5.02. The van der Waals surface area contributed by atoms with E-state index in [4.69, 9.17) is 10.4 Å². The fraction of sp³-hybridized carbons (Fsp3) is 0.176. The van der Waals surface area contributed by atoms with E-state index in [1.54, 1.807) is 0 Å². The van der Waals surface area contributed by atoms with Gasteiger partial charge in [0.15, 0.2) is 0 Å². The molecule has 4 heteroatoms. The van der Waals surface area contributed by atoms with Gasteiger partial charge < -0.3 is 5.11 Å². The minimum atomic E-state index is -0.869. The molecule has 0 heterocycles. The first-order valence-electron chi connectivity index (χ1n) is 6.57. The highest BCUT2D eigenvalue weighted by atomic mass is 32.2. The molecule has 0 saturated carbocycles. The molecule has 0 saturated heterocycles. The molecule has 0 radical (unpaired) electrons. The SMILES string of the molecule is CC(C#N)c1ccc(Sc2ccccc2)c(CC(=O)O)c1. The molecule has 21 heavy (non-hydrogen) atoms. The van der Waals surface area contributed by atoms with Gasteiger partial charge in [-0.2, -0.15) is 5.26 Å². The van der Waals surface area contributed by atoms with Crippen molar-refractivity contribution in [2.45, 2.75) is 29.1 Å². The van der Waals surface area contributed by atoms with Crippen molar-refractivity contribution in [3.05, 3.63) is 59.7 Å². The molecular weight excluding hydrogens is 282 g/mol. The number of nitrogens with zero attached hydrogens (tertiary/aromatic N) is 1. The monoisotopic (exact) mass is 297 g/mol. The molecule has 0 aliphatic heterocycles. The number of nitriles is 1. The molecule has 0 amide bonds. The van der Waals surface area contributed by atoms with E-state index >= 15 is 0 Å². The highest BCUT2D eigenvalue weighted by Gasteiger charge is 2.12. The summed E-state index contributed by atoms with van der Waals surface area (Å²) in [5.41, 5.74) is 1.60. The molecule has 1 atom stereocenters. The minimum Gasteiger partial charge on any atom is -0.481 e. The lowest BCUT2D eigenvalue weighted by Crippen LogP contribution is -2.03. The molecule has 2 aromatic rings. The first kappa shape index (κ1) is 15.1. The standard InChI is InChI=1S/C17H15NO2S/c1-12(11-18)13-7-8-16(14(9-13)10-17(19)20)21-15-5-3-2-4-6-15/h2-9,12H,10H2,1H3,(H,19,20). The van der Waals surface area contributed by atoms with E-state index in [1.807, 2.05) is 55.5 Å². The van der Waals surface area contributed by atoms with Gasteiger partial charge in [0.25, 0.3) is 0 Å². The number of carboxylic acids is 1. The zero-order valence-corrected chi connectivity index (χ0v) is 12.4. The van der Waals surface area contributed by atoms with E-state index in [2.05, 4.69) is 6.07 Å². The Morgan fingerprint density at radius 3 is 2.62 bits per heavy atom. The highest BCUT2D eigenvalue weighted by Crippen LogP contribution is 2.32. The van der Waals surface area contributed by atoms with Crippen molar-refractivity contribution < 1.29 is 9.90 Å². The predicted octanol–water partition coefficient (Wildman–Crippen LogP) is 4.09. The molecule has 0 aliphatic rings. The fourth-order valence-electron chi connectivity index (χ4n) is 1.96. The summed E-state index contributed by atoms with van der Waals surface area (Å²) in [6, 6.07) is 17.6. The van der Waals surface area contributed by atoms with Crippen molar-refractivity contribution in [2.75, 3.05) is 0 Å². The van der Waals surface area contributed by atoms with Crippen molar-refractivity contribution in [3.8, 4) is 6.07 Å². The van der Waals surface area contributed by atoms with Crippen LogP contribution in [0.4, 0.5) is 0 Å². The maximum Gasteiger partial charge on any atom is 0.307 e. The second-order valence-electron chi connectivity index (χ2n) is 4.70. The number of hydrogen-bond acceptors (Lipinski definition) is 3. The number of aliphatic carboxylic acids is 1. The molecule has 2 aromatic carbocycles. The molecule has 0 aromatic heterocycles. The summed E-state index contributed by atoms with van der Waals surface area (Å²) in [7, 11) is 0. The lowest BCUT2D eigenvalue weighted by atomic mass is 9.99. The van der Waals surface area contributed by atoms with E-state index in [9.17, 15) is 4.79 Å². The van der Waals surface area contributed by atoms with Gasteiger partial charge >= 0.3 is 5.97 Å². The van der Waals surface area contributed by atoms with Crippen LogP contribution in [0.15, 0.2) is 58.3 Å². The molecular formula is C17H15NO2S. The largest absolute Gasteiger partial charge is 0.481 e. The van der Waals surface area contributed by atoms with Gasteiger partial charge in [-0.1, -0.05) is 42.1 Å². The molecule has 0 bridgehead atoms. The third kappa shape index (κ3) is 4.11. The Balaban J connectivity index is 2.35. The van der Waals surface area contributed by atoms with Crippen LogP contribution in [0.3, 0.4) is 0 Å². The molecule has 2 rings (SSSR count). The fourth-order valence-corrected chi connectivity index (χ4v) is 2.90. The topological polar surface area (TPSA) is 61.1 Å². The summed E-state index contributed by atoms with van der Waals surface area (Å²) in [4.78, 5) is 13.0. The van der Waals surface area contributed by atoms with Crippen molar-refractivity contribution in [1.29, 1.82) is 5.26 Å². The van der Waals surface area contributed by atoms with Crippen molar-refractivity contribution in [3.63, 3.8) is 0 Å². The summed E-state index contributed by atoms with van der Waals surface area (Å²) >= 11 is 1.54. The van der Waals surface area contributed by atoms with Crippen LogP contribution in [0, 0.1) is 11.3 Å². The van der Waals surface area contributed by atoms with Gasteiger partial charge in [-0.3, -0.25) is 4.79 Å². The Morgan fingerprint density at radius 1 is 1.29 bits per heavy atom. The lowest BCUT2D eigenvalue weighted by Gasteiger charge is -2.11. The van der Waals surface area contributed by atoms with Gasteiger partial charge in [0.1, 0.15) is 0 Å². The average Bonchev–Trinajstić information content (AvgIpc) is 2.48. The Bertz CT molecular complexity index is 677. The van der Waals surface area contributed by atoms with Gasteiger partial charge in [-0.15, -0.1) is 0 Å². The molecule has 0 fully saturated rings. The number of benzene rings is 2. The van der Waals surface area contributed by atoms with Crippen LogP contribution < -0.4 is 0 Å². The molecule has 1 N–H and O–H groups in total. The van der Waals surface area contributed by atoms with Crippen LogP contribution in [-0.2, 0) is 11.2 Å². The van der Waals surface area contributed by atoms with Crippen LogP contribution in [0.1, 0.15) is 24.0 Å². The van der Waals surface area contributed by atoms with Crippen molar-refractivity contribution in [1.82, 2.24) is 0 Å². The van der Waals surface area contributed by atoms with E-state index in [0.717, 1.165) is 20.9 Å². The molecule has 1 unspecified atom stereocenters.